The summed E-state index contributed by atoms with van der Waals surface area (Å²) < 4.78 is 0. The van der Waals surface area contributed by atoms with E-state index in [1.807, 2.05) is 0 Å². The third kappa shape index (κ3) is 2.42. The molecule has 0 saturated carbocycles. The SMILES string of the molecule is SCC1SC1CC(S)C1CS1. The van der Waals surface area contributed by atoms with Crippen molar-refractivity contribution in [3.05, 3.63) is 0 Å². The highest BCUT2D eigenvalue weighted by atomic mass is 32.2. The van der Waals surface area contributed by atoms with Gasteiger partial charge in [0.2, 0.25) is 0 Å². The Bertz CT molecular complexity index is 145. The van der Waals surface area contributed by atoms with Crippen LogP contribution < -0.4 is 0 Å². The molecule has 0 aromatic heterocycles. The van der Waals surface area contributed by atoms with Gasteiger partial charge in [-0.2, -0.15) is 48.8 Å². The molecule has 2 aliphatic rings. The maximum atomic E-state index is 4.59. The molecule has 2 heterocycles. The van der Waals surface area contributed by atoms with Crippen LogP contribution in [-0.2, 0) is 0 Å². The molecule has 0 aromatic carbocycles. The van der Waals surface area contributed by atoms with E-state index in [0.717, 1.165) is 21.5 Å². The smallest absolute Gasteiger partial charge is 0.0258 e. The van der Waals surface area contributed by atoms with Crippen LogP contribution in [0, 0.1) is 0 Å². The summed E-state index contributed by atoms with van der Waals surface area (Å²) in [5, 5.41) is 3.26. The molecule has 0 radical (unpaired) electrons. The summed E-state index contributed by atoms with van der Waals surface area (Å²) in [6, 6.07) is 0. The minimum Gasteiger partial charge on any atom is -0.178 e. The summed E-state index contributed by atoms with van der Waals surface area (Å²) in [4.78, 5) is 0. The highest BCUT2D eigenvalue weighted by Crippen LogP contribution is 2.48. The van der Waals surface area contributed by atoms with Gasteiger partial charge in [-0.3, -0.25) is 0 Å². The average Bonchev–Trinajstić information content (AvgIpc) is 2.84. The normalized spacial score (nSPS) is 43.6. The van der Waals surface area contributed by atoms with Gasteiger partial charge in [-0.05, 0) is 6.42 Å². The molecule has 2 fully saturated rings. The van der Waals surface area contributed by atoms with Crippen molar-refractivity contribution in [1.82, 2.24) is 0 Å². The third-order valence-electron chi connectivity index (χ3n) is 2.13. The van der Waals surface area contributed by atoms with E-state index in [2.05, 4.69) is 48.8 Å². The molecule has 0 aliphatic carbocycles. The molecule has 0 bridgehead atoms. The fourth-order valence-electron chi connectivity index (χ4n) is 1.21. The molecule has 2 saturated heterocycles. The zero-order valence-corrected chi connectivity index (χ0v) is 9.56. The van der Waals surface area contributed by atoms with Crippen molar-refractivity contribution < 1.29 is 0 Å². The first-order valence-electron chi connectivity index (χ1n) is 3.87. The van der Waals surface area contributed by atoms with E-state index >= 15 is 0 Å². The van der Waals surface area contributed by atoms with Gasteiger partial charge < -0.3 is 0 Å². The summed E-state index contributed by atoms with van der Waals surface area (Å²) >= 11 is 13.0. The Morgan fingerprint density at radius 1 is 1.45 bits per heavy atom. The van der Waals surface area contributed by atoms with E-state index in [-0.39, 0.29) is 0 Å². The van der Waals surface area contributed by atoms with Crippen molar-refractivity contribution in [2.45, 2.75) is 27.4 Å². The zero-order valence-electron chi connectivity index (χ0n) is 6.14. The highest BCUT2D eigenvalue weighted by molar-refractivity contribution is 8.08. The Morgan fingerprint density at radius 3 is 2.64 bits per heavy atom. The fraction of sp³-hybridized carbons (Fsp3) is 1.00. The van der Waals surface area contributed by atoms with Crippen LogP contribution in [-0.4, -0.2) is 32.5 Å². The van der Waals surface area contributed by atoms with Crippen LogP contribution in [0.5, 0.6) is 0 Å². The van der Waals surface area contributed by atoms with Gasteiger partial charge in [0.15, 0.2) is 0 Å². The lowest BCUT2D eigenvalue weighted by Crippen LogP contribution is -2.11. The van der Waals surface area contributed by atoms with Crippen molar-refractivity contribution in [1.29, 1.82) is 0 Å². The second kappa shape index (κ2) is 3.64. The molecule has 64 valence electrons. The van der Waals surface area contributed by atoms with Gasteiger partial charge in [0.25, 0.3) is 0 Å². The topological polar surface area (TPSA) is 0 Å². The van der Waals surface area contributed by atoms with Gasteiger partial charge in [0.1, 0.15) is 0 Å². The largest absolute Gasteiger partial charge is 0.178 e. The first-order chi connectivity index (χ1) is 5.31. The molecular formula is C7H12S4. The molecule has 0 amide bonds. The molecule has 11 heavy (non-hydrogen) atoms. The van der Waals surface area contributed by atoms with Crippen LogP contribution in [0.2, 0.25) is 0 Å². The molecule has 0 aromatic rings. The predicted octanol–water partition coefficient (Wildman–Crippen LogP) is 2.20. The molecule has 4 unspecified atom stereocenters. The monoisotopic (exact) mass is 224 g/mol. The Kier molecular flexibility index (Phi) is 2.97. The second-order valence-corrected chi connectivity index (χ2v) is 6.85. The zero-order chi connectivity index (χ0) is 7.84. The Balaban J connectivity index is 1.66. The van der Waals surface area contributed by atoms with Gasteiger partial charge in [-0.25, -0.2) is 0 Å². The van der Waals surface area contributed by atoms with Crippen LogP contribution in [0.3, 0.4) is 0 Å². The van der Waals surface area contributed by atoms with Gasteiger partial charge in [0.05, 0.1) is 0 Å². The van der Waals surface area contributed by atoms with Crippen molar-refractivity contribution in [2.24, 2.45) is 0 Å². The second-order valence-electron chi connectivity index (χ2n) is 3.07. The number of rotatable bonds is 4. The van der Waals surface area contributed by atoms with E-state index < -0.39 is 0 Å². The van der Waals surface area contributed by atoms with Crippen LogP contribution in [0.1, 0.15) is 6.42 Å². The first-order valence-corrected chi connectivity index (χ1v) is 7.01. The Hall–Kier alpha value is 1.40. The average molecular weight is 224 g/mol. The van der Waals surface area contributed by atoms with Crippen molar-refractivity contribution in [3.63, 3.8) is 0 Å². The van der Waals surface area contributed by atoms with Gasteiger partial charge in [0, 0.05) is 32.5 Å². The molecule has 4 atom stereocenters. The van der Waals surface area contributed by atoms with E-state index in [9.17, 15) is 0 Å². The molecule has 0 nitrogen and oxygen atoms in total. The summed E-state index contributed by atoms with van der Waals surface area (Å²) in [6.07, 6.45) is 1.30. The molecule has 2 aliphatic heterocycles. The van der Waals surface area contributed by atoms with E-state index in [1.54, 1.807) is 0 Å². The Labute approximate surface area is 87.5 Å². The maximum absolute atomic E-state index is 4.59. The molecule has 0 spiro atoms. The predicted molar refractivity (Wildman–Crippen MR) is 62.7 cm³/mol. The van der Waals surface area contributed by atoms with E-state index in [0.29, 0.717) is 5.25 Å². The standard InChI is InChI=1S/C7H12S4/c8-2-6-5(11-6)1-4(9)7-3-10-7/h4-9H,1-3H2. The third-order valence-corrected chi connectivity index (χ3v) is 5.99. The molecular weight excluding hydrogens is 212 g/mol. The fourth-order valence-corrected chi connectivity index (χ4v) is 4.39. The van der Waals surface area contributed by atoms with Gasteiger partial charge in [-0.15, -0.1) is 0 Å². The lowest BCUT2D eigenvalue weighted by molar-refractivity contribution is 0.778. The first kappa shape index (κ1) is 8.97. The molecule has 0 N–H and O–H groups in total. The minimum atomic E-state index is 0.655. The highest BCUT2D eigenvalue weighted by Gasteiger charge is 2.41. The lowest BCUT2D eigenvalue weighted by atomic mass is 10.2. The lowest BCUT2D eigenvalue weighted by Gasteiger charge is -2.04. The number of thioether (sulfide) groups is 2. The van der Waals surface area contributed by atoms with Crippen LogP contribution in [0.25, 0.3) is 0 Å². The maximum Gasteiger partial charge on any atom is 0.0258 e. The number of thiol groups is 2. The van der Waals surface area contributed by atoms with Gasteiger partial charge >= 0.3 is 0 Å². The molecule has 4 heteroatoms. The van der Waals surface area contributed by atoms with Crippen molar-refractivity contribution in [3.8, 4) is 0 Å². The van der Waals surface area contributed by atoms with E-state index in [1.165, 1.54) is 12.2 Å². The van der Waals surface area contributed by atoms with Crippen LogP contribution in [0.15, 0.2) is 0 Å². The summed E-state index contributed by atoms with van der Waals surface area (Å²) in [6.45, 7) is 0. The van der Waals surface area contributed by atoms with Gasteiger partial charge in [-0.1, -0.05) is 0 Å². The van der Waals surface area contributed by atoms with E-state index in [4.69, 9.17) is 0 Å². The summed E-state index contributed by atoms with van der Waals surface area (Å²) in [5.74, 6) is 2.39. The number of hydrogen-bond acceptors (Lipinski definition) is 4. The van der Waals surface area contributed by atoms with Crippen LogP contribution >= 0.6 is 48.8 Å². The number of hydrogen-bond donors (Lipinski definition) is 2. The van der Waals surface area contributed by atoms with Crippen molar-refractivity contribution >= 4 is 48.8 Å². The summed E-state index contributed by atoms with van der Waals surface area (Å²) in [7, 11) is 0. The van der Waals surface area contributed by atoms with Crippen molar-refractivity contribution in [2.75, 3.05) is 11.5 Å². The quantitative estimate of drug-likeness (QED) is 0.555. The minimum absolute atomic E-state index is 0.655. The Morgan fingerprint density at radius 2 is 2.18 bits per heavy atom. The molecule has 2 rings (SSSR count). The van der Waals surface area contributed by atoms with Crippen LogP contribution in [0.4, 0.5) is 0 Å². The summed E-state index contributed by atoms with van der Waals surface area (Å²) in [5.41, 5.74) is 0.